The molecule has 2 aliphatic rings. The summed E-state index contributed by atoms with van der Waals surface area (Å²) >= 11 is 1.47. The van der Waals surface area contributed by atoms with Crippen LogP contribution in [0.1, 0.15) is 79.3 Å². The van der Waals surface area contributed by atoms with Gasteiger partial charge in [-0.3, -0.25) is 9.69 Å². The summed E-state index contributed by atoms with van der Waals surface area (Å²) in [5.74, 6) is -2.00. The summed E-state index contributed by atoms with van der Waals surface area (Å²) in [6.07, 6.45) is 4.56. The Morgan fingerprint density at radius 3 is 2.67 bits per heavy atom. The molecule has 2 unspecified atom stereocenters. The number of carbonyl (C=O) groups is 1. The van der Waals surface area contributed by atoms with E-state index >= 15 is 4.39 Å². The van der Waals surface area contributed by atoms with Gasteiger partial charge in [-0.15, -0.1) is 11.3 Å². The van der Waals surface area contributed by atoms with Crippen LogP contribution in [0.25, 0.3) is 21.6 Å². The number of rotatable bonds is 6. The standard InChI is InChI=1S/C26H30FN3O5S/c1-26(2,3)35-25(34)29(4)18-6-5-7-19-14(18)11-20(36-19)21-17(27)10-15-22(31)16(24(32)33)12-30(13-8-9-13)23(15)28-21/h10-13,18,25,34H,5-9H2,1-4H3,(H,32,33). The van der Waals surface area contributed by atoms with Crippen molar-refractivity contribution in [3.63, 3.8) is 0 Å². The molecule has 10 heteroatoms. The van der Waals surface area contributed by atoms with E-state index in [4.69, 9.17) is 4.74 Å². The van der Waals surface area contributed by atoms with Crippen molar-refractivity contribution in [3.05, 3.63) is 50.4 Å². The molecule has 8 nitrogen and oxygen atoms in total. The lowest BCUT2D eigenvalue weighted by molar-refractivity contribution is -0.243. The number of carboxylic acid groups (broad SMARTS) is 1. The molecule has 3 heterocycles. The molecular weight excluding hydrogens is 485 g/mol. The highest BCUT2D eigenvalue weighted by Gasteiger charge is 2.33. The Morgan fingerprint density at radius 1 is 1.31 bits per heavy atom. The molecular formula is C26H30FN3O5S. The van der Waals surface area contributed by atoms with E-state index in [0.29, 0.717) is 10.5 Å². The third-order valence-electron chi connectivity index (χ3n) is 6.74. The second kappa shape index (κ2) is 9.02. The molecule has 0 spiro atoms. The number of aliphatic hydroxyl groups excluding tert-OH is 1. The zero-order valence-corrected chi connectivity index (χ0v) is 21.6. The smallest absolute Gasteiger partial charge is 0.341 e. The minimum absolute atomic E-state index is 0.0237. The minimum Gasteiger partial charge on any atom is -0.477 e. The Labute approximate surface area is 212 Å². The van der Waals surface area contributed by atoms with Gasteiger partial charge in [-0.2, -0.15) is 0 Å². The van der Waals surface area contributed by atoms with Crippen LogP contribution in [0.4, 0.5) is 4.39 Å². The van der Waals surface area contributed by atoms with Crippen LogP contribution in [0.5, 0.6) is 0 Å². The highest BCUT2D eigenvalue weighted by Crippen LogP contribution is 2.43. The number of aryl methyl sites for hydroxylation is 1. The molecule has 0 aromatic carbocycles. The van der Waals surface area contributed by atoms with Crippen LogP contribution in [-0.4, -0.2) is 49.7 Å². The molecule has 2 atom stereocenters. The fourth-order valence-electron chi connectivity index (χ4n) is 4.83. The fourth-order valence-corrected chi connectivity index (χ4v) is 6.08. The number of hydrogen-bond acceptors (Lipinski definition) is 7. The lowest BCUT2D eigenvalue weighted by atomic mass is 9.92. The van der Waals surface area contributed by atoms with Crippen LogP contribution < -0.4 is 5.43 Å². The van der Waals surface area contributed by atoms with Crippen molar-refractivity contribution in [1.82, 2.24) is 14.5 Å². The van der Waals surface area contributed by atoms with Gasteiger partial charge in [0, 0.05) is 23.2 Å². The third kappa shape index (κ3) is 4.58. The maximum absolute atomic E-state index is 15.4. The molecule has 2 aliphatic carbocycles. The summed E-state index contributed by atoms with van der Waals surface area (Å²) in [6, 6.07) is 3.00. The average Bonchev–Trinajstić information content (AvgIpc) is 3.54. The van der Waals surface area contributed by atoms with E-state index in [1.165, 1.54) is 17.5 Å². The quantitative estimate of drug-likeness (QED) is 0.459. The lowest BCUT2D eigenvalue weighted by Gasteiger charge is -2.37. The Bertz CT molecular complexity index is 1410. The first-order chi connectivity index (χ1) is 16.9. The summed E-state index contributed by atoms with van der Waals surface area (Å²) in [7, 11) is 1.82. The second-order valence-electron chi connectivity index (χ2n) is 10.6. The second-order valence-corrected chi connectivity index (χ2v) is 11.8. The van der Waals surface area contributed by atoms with Crippen LogP contribution in [0, 0.1) is 5.82 Å². The van der Waals surface area contributed by atoms with Crippen molar-refractivity contribution in [2.75, 3.05) is 7.05 Å². The fraction of sp³-hybridized carbons (Fsp3) is 0.500. The lowest BCUT2D eigenvalue weighted by Crippen LogP contribution is -2.42. The molecule has 192 valence electrons. The van der Waals surface area contributed by atoms with E-state index in [1.54, 1.807) is 9.47 Å². The maximum Gasteiger partial charge on any atom is 0.341 e. The van der Waals surface area contributed by atoms with Gasteiger partial charge >= 0.3 is 5.97 Å². The van der Waals surface area contributed by atoms with E-state index in [-0.39, 0.29) is 28.7 Å². The molecule has 0 radical (unpaired) electrons. The number of aromatic nitrogens is 2. The van der Waals surface area contributed by atoms with E-state index in [0.717, 1.165) is 48.6 Å². The SMILES string of the molecule is CN(C(O)OC(C)(C)C)C1CCCc2sc(-c3nc4c(cc3F)c(=O)c(C(=O)O)cn4C3CC3)cc21. The molecule has 1 saturated carbocycles. The van der Waals surface area contributed by atoms with Gasteiger partial charge in [0.1, 0.15) is 16.9 Å². The number of nitrogens with zero attached hydrogens (tertiary/aromatic N) is 3. The predicted molar refractivity (Wildman–Crippen MR) is 135 cm³/mol. The molecule has 0 bridgehead atoms. The normalized spacial score (nSPS) is 19.0. The van der Waals surface area contributed by atoms with Gasteiger partial charge in [0.25, 0.3) is 0 Å². The number of aromatic carboxylic acids is 1. The highest BCUT2D eigenvalue weighted by molar-refractivity contribution is 7.15. The van der Waals surface area contributed by atoms with Crippen LogP contribution >= 0.6 is 11.3 Å². The largest absolute Gasteiger partial charge is 0.477 e. The van der Waals surface area contributed by atoms with E-state index < -0.39 is 29.2 Å². The first kappa shape index (κ1) is 25.0. The van der Waals surface area contributed by atoms with Crippen molar-refractivity contribution in [2.45, 2.75) is 77.0 Å². The maximum atomic E-state index is 15.4. The molecule has 0 aliphatic heterocycles. The van der Waals surface area contributed by atoms with Crippen LogP contribution in [0.2, 0.25) is 0 Å². The van der Waals surface area contributed by atoms with E-state index in [2.05, 4.69) is 4.98 Å². The monoisotopic (exact) mass is 515 g/mol. The summed E-state index contributed by atoms with van der Waals surface area (Å²) < 4.78 is 22.8. The average molecular weight is 516 g/mol. The molecule has 0 amide bonds. The van der Waals surface area contributed by atoms with Gasteiger partial charge in [-0.1, -0.05) is 0 Å². The first-order valence-electron chi connectivity index (χ1n) is 12.1. The van der Waals surface area contributed by atoms with Crippen molar-refractivity contribution >= 4 is 28.3 Å². The number of ether oxygens (including phenoxy) is 1. The number of pyridine rings is 2. The molecule has 2 N–H and O–H groups in total. The van der Waals surface area contributed by atoms with Crippen LogP contribution in [0.15, 0.2) is 23.1 Å². The molecule has 3 aromatic rings. The number of hydrogen-bond donors (Lipinski definition) is 2. The molecule has 5 rings (SSSR count). The zero-order valence-electron chi connectivity index (χ0n) is 20.7. The Kier molecular flexibility index (Phi) is 6.27. The number of thiophene rings is 1. The van der Waals surface area contributed by atoms with Crippen LogP contribution in [0.3, 0.4) is 0 Å². The number of carboxylic acids is 1. The minimum atomic E-state index is -1.33. The summed E-state index contributed by atoms with van der Waals surface area (Å²) in [6.45, 7) is 5.65. The Hall–Kier alpha value is -2.66. The van der Waals surface area contributed by atoms with Gasteiger partial charge in [-0.25, -0.2) is 14.2 Å². The summed E-state index contributed by atoms with van der Waals surface area (Å²) in [4.78, 5) is 32.5. The Balaban J connectivity index is 1.57. The van der Waals surface area contributed by atoms with Gasteiger partial charge in [0.2, 0.25) is 11.8 Å². The van der Waals surface area contributed by atoms with Gasteiger partial charge in [0.05, 0.1) is 15.9 Å². The Morgan fingerprint density at radius 2 is 2.03 bits per heavy atom. The van der Waals surface area contributed by atoms with Crippen molar-refractivity contribution in [3.8, 4) is 10.6 Å². The predicted octanol–water partition coefficient (Wildman–Crippen LogP) is 4.70. The highest BCUT2D eigenvalue weighted by atomic mass is 32.1. The molecule has 0 saturated heterocycles. The molecule has 1 fully saturated rings. The zero-order chi connectivity index (χ0) is 25.9. The molecule has 36 heavy (non-hydrogen) atoms. The van der Waals surface area contributed by atoms with Crippen molar-refractivity contribution < 1.29 is 24.1 Å². The number of fused-ring (bicyclic) bond motifs is 2. The van der Waals surface area contributed by atoms with Crippen molar-refractivity contribution in [2.24, 2.45) is 0 Å². The molecule has 3 aromatic heterocycles. The van der Waals surface area contributed by atoms with Gasteiger partial charge in [-0.05, 0) is 77.6 Å². The first-order valence-corrected chi connectivity index (χ1v) is 13.0. The number of halogens is 1. The van der Waals surface area contributed by atoms with E-state index in [9.17, 15) is 19.8 Å². The summed E-state index contributed by atoms with van der Waals surface area (Å²) in [5.41, 5.74) is -0.155. The number of aliphatic hydroxyl groups is 1. The summed E-state index contributed by atoms with van der Waals surface area (Å²) in [5, 5.41) is 20.1. The van der Waals surface area contributed by atoms with Crippen LogP contribution in [-0.2, 0) is 11.2 Å². The van der Waals surface area contributed by atoms with Crippen molar-refractivity contribution in [1.29, 1.82) is 0 Å². The topological polar surface area (TPSA) is 105 Å². The van der Waals surface area contributed by atoms with Gasteiger partial charge < -0.3 is 19.5 Å². The van der Waals surface area contributed by atoms with Gasteiger partial charge in [0.15, 0.2) is 5.82 Å². The van der Waals surface area contributed by atoms with E-state index in [1.807, 2.05) is 33.9 Å². The third-order valence-corrected chi connectivity index (χ3v) is 7.96.